The number of nitrogens with zero attached hydrogens (tertiary/aromatic N) is 1. The van der Waals surface area contributed by atoms with Crippen LogP contribution in [0.5, 0.6) is 0 Å². The van der Waals surface area contributed by atoms with Gasteiger partial charge in [0, 0.05) is 25.0 Å². The van der Waals surface area contributed by atoms with Gasteiger partial charge in [-0.15, -0.1) is 11.3 Å². The Morgan fingerprint density at radius 3 is 2.94 bits per heavy atom. The minimum Gasteiger partial charge on any atom is -0.356 e. The second-order valence-electron chi connectivity index (χ2n) is 5.17. The maximum absolute atomic E-state index is 4.25. The molecule has 1 atom stereocenters. The third-order valence-electron chi connectivity index (χ3n) is 3.23. The molecular weight excluding hydrogens is 242 g/mol. The molecule has 0 amide bonds. The first-order chi connectivity index (χ1) is 8.78. The summed E-state index contributed by atoms with van der Waals surface area (Å²) < 4.78 is 0. The van der Waals surface area contributed by atoms with Crippen molar-refractivity contribution in [2.45, 2.75) is 26.2 Å². The van der Waals surface area contributed by atoms with E-state index in [-0.39, 0.29) is 0 Å². The van der Waals surface area contributed by atoms with Gasteiger partial charge in [-0.25, -0.2) is 0 Å². The molecule has 0 radical (unpaired) electrons. The molecule has 2 rings (SSSR count). The van der Waals surface area contributed by atoms with Crippen molar-refractivity contribution in [2.75, 3.05) is 20.1 Å². The van der Waals surface area contributed by atoms with Gasteiger partial charge in [-0.05, 0) is 42.5 Å². The molecule has 0 aromatic carbocycles. The van der Waals surface area contributed by atoms with Gasteiger partial charge in [-0.3, -0.25) is 4.99 Å². The Bertz CT molecular complexity index is 368. The summed E-state index contributed by atoms with van der Waals surface area (Å²) in [5, 5.41) is 8.94. The highest BCUT2D eigenvalue weighted by atomic mass is 32.1. The number of rotatable bonds is 6. The normalized spacial score (nSPS) is 17.6. The molecule has 1 aliphatic rings. The van der Waals surface area contributed by atoms with Crippen LogP contribution in [0.3, 0.4) is 0 Å². The molecule has 0 aliphatic heterocycles. The van der Waals surface area contributed by atoms with Crippen LogP contribution in [0.4, 0.5) is 0 Å². The van der Waals surface area contributed by atoms with Crippen LogP contribution in [-0.2, 0) is 6.42 Å². The number of guanidine groups is 1. The predicted molar refractivity (Wildman–Crippen MR) is 79.3 cm³/mol. The van der Waals surface area contributed by atoms with E-state index >= 15 is 0 Å². The molecule has 1 heterocycles. The Balaban J connectivity index is 1.65. The Morgan fingerprint density at radius 1 is 1.50 bits per heavy atom. The van der Waals surface area contributed by atoms with E-state index < -0.39 is 0 Å². The van der Waals surface area contributed by atoms with Gasteiger partial charge < -0.3 is 10.6 Å². The average molecular weight is 265 g/mol. The van der Waals surface area contributed by atoms with Gasteiger partial charge in [0.25, 0.3) is 0 Å². The molecule has 100 valence electrons. The lowest BCUT2D eigenvalue weighted by atomic mass is 10.1. The van der Waals surface area contributed by atoms with Crippen LogP contribution in [-0.4, -0.2) is 26.1 Å². The second kappa shape index (κ2) is 6.78. The van der Waals surface area contributed by atoms with Gasteiger partial charge in [0.2, 0.25) is 0 Å². The van der Waals surface area contributed by atoms with E-state index in [1.165, 1.54) is 17.7 Å². The molecule has 0 bridgehead atoms. The molecule has 1 aromatic heterocycles. The third-order valence-corrected chi connectivity index (χ3v) is 4.13. The lowest BCUT2D eigenvalue weighted by Crippen LogP contribution is -2.40. The molecule has 4 heteroatoms. The van der Waals surface area contributed by atoms with Crippen molar-refractivity contribution in [3.8, 4) is 0 Å². The highest BCUT2D eigenvalue weighted by Crippen LogP contribution is 2.27. The standard InChI is InChI=1S/C14H23N3S/c1-11(8-13-4-3-7-18-13)9-16-14(15-2)17-10-12-5-6-12/h3-4,7,11-12H,5-6,8-10H2,1-2H3,(H2,15,16,17). The first-order valence-electron chi connectivity index (χ1n) is 6.75. The van der Waals surface area contributed by atoms with E-state index in [1.54, 1.807) is 0 Å². The zero-order chi connectivity index (χ0) is 12.8. The fraction of sp³-hybridized carbons (Fsp3) is 0.643. The van der Waals surface area contributed by atoms with Crippen LogP contribution in [0.25, 0.3) is 0 Å². The highest BCUT2D eigenvalue weighted by Gasteiger charge is 2.21. The van der Waals surface area contributed by atoms with Crippen molar-refractivity contribution in [2.24, 2.45) is 16.8 Å². The average Bonchev–Trinajstić information content (AvgIpc) is 3.06. The summed E-state index contributed by atoms with van der Waals surface area (Å²) >= 11 is 1.84. The summed E-state index contributed by atoms with van der Waals surface area (Å²) in [4.78, 5) is 5.72. The monoisotopic (exact) mass is 265 g/mol. The molecule has 18 heavy (non-hydrogen) atoms. The van der Waals surface area contributed by atoms with Crippen molar-refractivity contribution < 1.29 is 0 Å². The van der Waals surface area contributed by atoms with E-state index in [9.17, 15) is 0 Å². The summed E-state index contributed by atoms with van der Waals surface area (Å²) in [7, 11) is 1.84. The van der Waals surface area contributed by atoms with Crippen molar-refractivity contribution in [1.29, 1.82) is 0 Å². The molecule has 0 spiro atoms. The van der Waals surface area contributed by atoms with Crippen LogP contribution in [0.2, 0.25) is 0 Å². The fourth-order valence-electron chi connectivity index (χ4n) is 1.90. The van der Waals surface area contributed by atoms with Crippen LogP contribution in [0.1, 0.15) is 24.6 Å². The number of hydrogen-bond acceptors (Lipinski definition) is 2. The van der Waals surface area contributed by atoms with E-state index in [2.05, 4.69) is 40.1 Å². The van der Waals surface area contributed by atoms with Crippen molar-refractivity contribution in [3.63, 3.8) is 0 Å². The Hall–Kier alpha value is -1.03. The van der Waals surface area contributed by atoms with Crippen molar-refractivity contribution >= 4 is 17.3 Å². The molecule has 3 nitrogen and oxygen atoms in total. The maximum atomic E-state index is 4.25. The second-order valence-corrected chi connectivity index (χ2v) is 6.20. The SMILES string of the molecule is CN=C(NCC(C)Cc1cccs1)NCC1CC1. The minimum absolute atomic E-state index is 0.628. The minimum atomic E-state index is 0.628. The summed E-state index contributed by atoms with van der Waals surface area (Å²) in [5.74, 6) is 2.45. The summed E-state index contributed by atoms with van der Waals surface area (Å²) in [6.07, 6.45) is 3.89. The number of hydrogen-bond donors (Lipinski definition) is 2. The molecule has 1 aromatic rings. The van der Waals surface area contributed by atoms with E-state index in [0.29, 0.717) is 5.92 Å². The Kier molecular flexibility index (Phi) is 5.05. The zero-order valence-electron chi connectivity index (χ0n) is 11.3. The number of aliphatic imine (C=N–C) groups is 1. The van der Waals surface area contributed by atoms with Gasteiger partial charge in [0.1, 0.15) is 0 Å². The molecule has 2 N–H and O–H groups in total. The molecule has 0 saturated heterocycles. The van der Waals surface area contributed by atoms with Gasteiger partial charge in [0.05, 0.1) is 0 Å². The highest BCUT2D eigenvalue weighted by molar-refractivity contribution is 7.09. The van der Waals surface area contributed by atoms with Crippen LogP contribution >= 0.6 is 11.3 Å². The Morgan fingerprint density at radius 2 is 2.33 bits per heavy atom. The molecule has 1 unspecified atom stereocenters. The molecule has 1 fully saturated rings. The van der Waals surface area contributed by atoms with Crippen molar-refractivity contribution in [1.82, 2.24) is 10.6 Å². The number of thiophene rings is 1. The van der Waals surface area contributed by atoms with E-state index in [0.717, 1.165) is 31.4 Å². The van der Waals surface area contributed by atoms with Crippen LogP contribution in [0.15, 0.2) is 22.5 Å². The third kappa shape index (κ3) is 4.69. The molecule has 1 saturated carbocycles. The summed E-state index contributed by atoms with van der Waals surface area (Å²) in [6, 6.07) is 4.33. The van der Waals surface area contributed by atoms with Gasteiger partial charge in [-0.2, -0.15) is 0 Å². The fourth-order valence-corrected chi connectivity index (χ4v) is 2.77. The first kappa shape index (κ1) is 13.4. The van der Waals surface area contributed by atoms with E-state index in [1.807, 2.05) is 18.4 Å². The number of nitrogens with one attached hydrogen (secondary N) is 2. The smallest absolute Gasteiger partial charge is 0.190 e. The topological polar surface area (TPSA) is 36.4 Å². The summed E-state index contributed by atoms with van der Waals surface area (Å²) in [6.45, 7) is 4.32. The summed E-state index contributed by atoms with van der Waals surface area (Å²) in [5.41, 5.74) is 0. The first-order valence-corrected chi connectivity index (χ1v) is 7.62. The van der Waals surface area contributed by atoms with Crippen LogP contribution < -0.4 is 10.6 Å². The lowest BCUT2D eigenvalue weighted by Gasteiger charge is -2.15. The molecule has 1 aliphatic carbocycles. The Labute approximate surface area is 114 Å². The van der Waals surface area contributed by atoms with Gasteiger partial charge in [-0.1, -0.05) is 13.0 Å². The van der Waals surface area contributed by atoms with Crippen LogP contribution in [0, 0.1) is 11.8 Å². The lowest BCUT2D eigenvalue weighted by molar-refractivity contribution is 0.561. The predicted octanol–water partition coefficient (Wildman–Crippen LogP) is 2.50. The maximum Gasteiger partial charge on any atom is 0.190 e. The van der Waals surface area contributed by atoms with E-state index in [4.69, 9.17) is 0 Å². The zero-order valence-corrected chi connectivity index (χ0v) is 12.1. The largest absolute Gasteiger partial charge is 0.356 e. The van der Waals surface area contributed by atoms with Gasteiger partial charge in [0.15, 0.2) is 5.96 Å². The quantitative estimate of drug-likeness (QED) is 0.612. The van der Waals surface area contributed by atoms with Gasteiger partial charge >= 0.3 is 0 Å². The van der Waals surface area contributed by atoms with Crippen molar-refractivity contribution in [3.05, 3.63) is 22.4 Å². The molecular formula is C14H23N3S.